The molecule has 0 atom stereocenters. The van der Waals surface area contributed by atoms with Crippen LogP contribution in [0.1, 0.15) is 17.5 Å². The van der Waals surface area contributed by atoms with Crippen molar-refractivity contribution in [2.75, 3.05) is 31.5 Å². The number of quaternary nitrogens is 1. The van der Waals surface area contributed by atoms with Crippen LogP contribution >= 0.6 is 11.6 Å². The molecule has 2 aliphatic rings. The SMILES string of the molecule is O=C1CCc2cc(S(=O)(=O)N3CC[NH+](Cc4ccc(Cl)cc4)CC3)ccc2N1. The highest BCUT2D eigenvalue weighted by Crippen LogP contribution is 2.27. The summed E-state index contributed by atoms with van der Waals surface area (Å²) in [6.07, 6.45) is 0.965. The van der Waals surface area contributed by atoms with E-state index < -0.39 is 10.0 Å². The molecule has 0 aliphatic carbocycles. The van der Waals surface area contributed by atoms with Crippen LogP contribution in [-0.4, -0.2) is 44.8 Å². The molecule has 1 amide bonds. The fourth-order valence-corrected chi connectivity index (χ4v) is 5.40. The Kier molecular flexibility index (Phi) is 5.42. The highest BCUT2D eigenvalue weighted by Gasteiger charge is 2.31. The number of nitrogens with one attached hydrogen (secondary N) is 2. The summed E-state index contributed by atoms with van der Waals surface area (Å²) >= 11 is 5.93. The van der Waals surface area contributed by atoms with E-state index in [-0.39, 0.29) is 5.91 Å². The van der Waals surface area contributed by atoms with Gasteiger partial charge >= 0.3 is 0 Å². The molecule has 2 N–H and O–H groups in total. The summed E-state index contributed by atoms with van der Waals surface area (Å²) in [7, 11) is -3.52. The maximum atomic E-state index is 13.1. The van der Waals surface area contributed by atoms with Crippen molar-refractivity contribution in [1.82, 2.24) is 4.31 Å². The lowest BCUT2D eigenvalue weighted by Gasteiger charge is -2.31. The first-order valence-electron chi connectivity index (χ1n) is 9.43. The Morgan fingerprint density at radius 3 is 2.46 bits per heavy atom. The van der Waals surface area contributed by atoms with Crippen LogP contribution in [0.2, 0.25) is 5.02 Å². The molecule has 8 heteroatoms. The third-order valence-corrected chi connectivity index (χ3v) is 7.55. The van der Waals surface area contributed by atoms with Gasteiger partial charge in [-0.15, -0.1) is 0 Å². The smallest absolute Gasteiger partial charge is 0.243 e. The molecule has 0 bridgehead atoms. The first-order valence-corrected chi connectivity index (χ1v) is 11.2. The molecule has 6 nitrogen and oxygen atoms in total. The standard InChI is InChI=1S/C20H22ClN3O3S/c21-17-4-1-15(2-5-17)14-23-9-11-24(12-10-23)28(26,27)18-6-7-19-16(13-18)3-8-20(25)22-19/h1-2,4-7,13H,3,8-12,14H2,(H,22,25)/p+1. The Morgan fingerprint density at radius 1 is 1.04 bits per heavy atom. The lowest BCUT2D eigenvalue weighted by Crippen LogP contribution is -3.13. The van der Waals surface area contributed by atoms with E-state index >= 15 is 0 Å². The molecular weight excluding hydrogens is 398 g/mol. The molecule has 0 spiro atoms. The minimum Gasteiger partial charge on any atom is -0.329 e. The van der Waals surface area contributed by atoms with Gasteiger partial charge in [0.1, 0.15) is 6.54 Å². The van der Waals surface area contributed by atoms with Crippen molar-refractivity contribution < 1.29 is 18.1 Å². The Bertz CT molecular complexity index is 984. The van der Waals surface area contributed by atoms with Gasteiger partial charge in [-0.2, -0.15) is 4.31 Å². The van der Waals surface area contributed by atoms with Gasteiger partial charge in [0.15, 0.2) is 0 Å². The summed E-state index contributed by atoms with van der Waals surface area (Å²) in [5.41, 5.74) is 2.80. The van der Waals surface area contributed by atoms with Gasteiger partial charge in [-0.25, -0.2) is 8.42 Å². The number of anilines is 1. The number of rotatable bonds is 4. The highest BCUT2D eigenvalue weighted by molar-refractivity contribution is 7.89. The fourth-order valence-electron chi connectivity index (χ4n) is 3.78. The molecule has 4 rings (SSSR count). The second-order valence-corrected chi connectivity index (χ2v) is 9.70. The van der Waals surface area contributed by atoms with Gasteiger partial charge in [0.2, 0.25) is 15.9 Å². The molecule has 2 heterocycles. The molecule has 0 saturated carbocycles. The third-order valence-electron chi connectivity index (χ3n) is 5.41. The number of hydrogen-bond acceptors (Lipinski definition) is 3. The topological polar surface area (TPSA) is 70.9 Å². The van der Waals surface area contributed by atoms with Gasteiger partial charge in [0.25, 0.3) is 0 Å². The normalized spacial score (nSPS) is 18.5. The molecule has 148 valence electrons. The van der Waals surface area contributed by atoms with E-state index in [2.05, 4.69) is 5.32 Å². The van der Waals surface area contributed by atoms with E-state index in [1.807, 2.05) is 24.3 Å². The molecule has 1 saturated heterocycles. The molecule has 2 aromatic carbocycles. The summed E-state index contributed by atoms with van der Waals surface area (Å²) in [6, 6.07) is 12.8. The van der Waals surface area contributed by atoms with Gasteiger partial charge in [-0.3, -0.25) is 4.79 Å². The first kappa shape index (κ1) is 19.4. The molecule has 0 radical (unpaired) electrons. The van der Waals surface area contributed by atoms with Gasteiger partial charge in [0.05, 0.1) is 31.1 Å². The third kappa shape index (κ3) is 4.07. The fraction of sp³-hybridized carbons (Fsp3) is 0.350. The van der Waals surface area contributed by atoms with E-state index in [0.717, 1.165) is 30.2 Å². The van der Waals surface area contributed by atoms with E-state index in [0.29, 0.717) is 36.5 Å². The number of fused-ring (bicyclic) bond motifs is 1. The van der Waals surface area contributed by atoms with Crippen molar-refractivity contribution in [2.24, 2.45) is 0 Å². The van der Waals surface area contributed by atoms with Gasteiger partial charge in [-0.05, 0) is 42.3 Å². The molecule has 0 aromatic heterocycles. The van der Waals surface area contributed by atoms with Crippen LogP contribution in [0.5, 0.6) is 0 Å². The van der Waals surface area contributed by atoms with Gasteiger partial charge < -0.3 is 10.2 Å². The number of nitrogens with zero attached hydrogens (tertiary/aromatic N) is 1. The number of piperazine rings is 1. The van der Waals surface area contributed by atoms with Crippen LogP contribution in [0.3, 0.4) is 0 Å². The van der Waals surface area contributed by atoms with Crippen molar-refractivity contribution in [3.05, 3.63) is 58.6 Å². The van der Waals surface area contributed by atoms with Crippen molar-refractivity contribution in [3.8, 4) is 0 Å². The maximum Gasteiger partial charge on any atom is 0.243 e. The zero-order chi connectivity index (χ0) is 19.7. The summed E-state index contributed by atoms with van der Waals surface area (Å²) in [5, 5.41) is 3.51. The largest absolute Gasteiger partial charge is 0.329 e. The number of halogens is 1. The van der Waals surface area contributed by atoms with Crippen molar-refractivity contribution in [3.63, 3.8) is 0 Å². The summed E-state index contributed by atoms with van der Waals surface area (Å²) in [6.45, 7) is 3.40. The van der Waals surface area contributed by atoms with Crippen LogP contribution in [0.4, 0.5) is 5.69 Å². The lowest BCUT2D eigenvalue weighted by atomic mass is 10.0. The maximum absolute atomic E-state index is 13.1. The average Bonchev–Trinajstić information content (AvgIpc) is 2.69. The van der Waals surface area contributed by atoms with Crippen LogP contribution in [0.15, 0.2) is 47.4 Å². The first-order chi connectivity index (χ1) is 13.4. The number of benzene rings is 2. The average molecular weight is 421 g/mol. The quantitative estimate of drug-likeness (QED) is 0.783. The predicted molar refractivity (Wildman–Crippen MR) is 108 cm³/mol. The summed E-state index contributed by atoms with van der Waals surface area (Å²) in [4.78, 5) is 13.2. The predicted octanol–water partition coefficient (Wildman–Crippen LogP) is 1.31. The molecule has 2 aromatic rings. The molecular formula is C20H23ClN3O3S+. The van der Waals surface area contributed by atoms with E-state index in [4.69, 9.17) is 11.6 Å². The number of hydrogen-bond donors (Lipinski definition) is 2. The van der Waals surface area contributed by atoms with Crippen molar-refractivity contribution >= 4 is 33.2 Å². The summed E-state index contributed by atoms with van der Waals surface area (Å²) in [5.74, 6) is -0.0251. The minimum absolute atomic E-state index is 0.0251. The number of aryl methyl sites for hydroxylation is 1. The Labute approximate surface area is 170 Å². The molecule has 28 heavy (non-hydrogen) atoms. The number of sulfonamides is 1. The van der Waals surface area contributed by atoms with Gasteiger partial charge in [-0.1, -0.05) is 23.7 Å². The lowest BCUT2D eigenvalue weighted by molar-refractivity contribution is -0.917. The second kappa shape index (κ2) is 7.83. The van der Waals surface area contributed by atoms with Gasteiger partial charge in [0, 0.05) is 22.7 Å². The van der Waals surface area contributed by atoms with E-state index in [1.54, 1.807) is 22.5 Å². The van der Waals surface area contributed by atoms with Crippen LogP contribution in [0.25, 0.3) is 0 Å². The molecule has 2 aliphatic heterocycles. The Hall–Kier alpha value is -1.93. The second-order valence-electron chi connectivity index (χ2n) is 7.32. The summed E-state index contributed by atoms with van der Waals surface area (Å²) < 4.78 is 27.7. The van der Waals surface area contributed by atoms with E-state index in [1.165, 1.54) is 10.5 Å². The van der Waals surface area contributed by atoms with Crippen LogP contribution in [-0.2, 0) is 27.8 Å². The molecule has 1 fully saturated rings. The van der Waals surface area contributed by atoms with Crippen LogP contribution in [0, 0.1) is 0 Å². The van der Waals surface area contributed by atoms with E-state index in [9.17, 15) is 13.2 Å². The number of carbonyl (C=O) groups is 1. The van der Waals surface area contributed by atoms with Crippen molar-refractivity contribution in [1.29, 1.82) is 0 Å². The number of carbonyl (C=O) groups excluding carboxylic acids is 1. The van der Waals surface area contributed by atoms with Crippen LogP contribution < -0.4 is 10.2 Å². The zero-order valence-electron chi connectivity index (χ0n) is 15.4. The zero-order valence-corrected chi connectivity index (χ0v) is 17.0. The highest BCUT2D eigenvalue weighted by atomic mass is 35.5. The Balaban J connectivity index is 1.42. The monoisotopic (exact) mass is 420 g/mol. The number of amides is 1. The minimum atomic E-state index is -3.52. The molecule has 0 unspecified atom stereocenters. The van der Waals surface area contributed by atoms with Crippen molar-refractivity contribution in [2.45, 2.75) is 24.3 Å². The Morgan fingerprint density at radius 2 is 1.75 bits per heavy atom.